The topological polar surface area (TPSA) is 0 Å². The summed E-state index contributed by atoms with van der Waals surface area (Å²) in [7, 11) is 0. The zero-order chi connectivity index (χ0) is 15.4. The second-order valence-electron chi connectivity index (χ2n) is 7.54. The first-order chi connectivity index (χ1) is 10.7. The molecule has 0 nitrogen and oxygen atoms in total. The van der Waals surface area contributed by atoms with Gasteiger partial charge in [0.05, 0.1) is 0 Å². The molecule has 1 aromatic carbocycles. The van der Waals surface area contributed by atoms with Gasteiger partial charge in [-0.15, -0.1) is 0 Å². The van der Waals surface area contributed by atoms with Crippen molar-refractivity contribution in [2.45, 2.75) is 64.7 Å². The standard InChI is InChI=1S/C21H29F/c1-16-2-10-19(11-3-16)20-12-6-17(7-13-20)4-5-18-8-14-21(22)15-9-18/h6,8-9,14-16,19-20H,2-5,7,10-13H2,1H3. The lowest BCUT2D eigenvalue weighted by atomic mass is 9.71. The molecule has 0 aliphatic heterocycles. The molecule has 0 N–H and O–H groups in total. The molecule has 1 saturated carbocycles. The fourth-order valence-corrected chi connectivity index (χ4v) is 4.28. The number of rotatable bonds is 4. The van der Waals surface area contributed by atoms with Crippen LogP contribution >= 0.6 is 0 Å². The van der Waals surface area contributed by atoms with Gasteiger partial charge < -0.3 is 0 Å². The molecule has 0 amide bonds. The summed E-state index contributed by atoms with van der Waals surface area (Å²) in [6.07, 6.45) is 14.5. The summed E-state index contributed by atoms with van der Waals surface area (Å²) in [5.41, 5.74) is 2.88. The molecule has 1 aromatic rings. The average molecular weight is 300 g/mol. The molecule has 2 aliphatic rings. The van der Waals surface area contributed by atoms with Gasteiger partial charge in [-0.05, 0) is 80.4 Å². The minimum Gasteiger partial charge on any atom is -0.207 e. The van der Waals surface area contributed by atoms with Crippen molar-refractivity contribution in [1.29, 1.82) is 0 Å². The third-order valence-corrected chi connectivity index (χ3v) is 5.92. The van der Waals surface area contributed by atoms with Crippen LogP contribution in [0, 0.1) is 23.6 Å². The quantitative estimate of drug-likeness (QED) is 0.571. The Hall–Kier alpha value is -1.11. The summed E-state index contributed by atoms with van der Waals surface area (Å²) >= 11 is 0. The SMILES string of the molecule is CC1CCC(C2CC=C(CCc3ccc(F)cc3)CC2)CC1. The molecule has 1 unspecified atom stereocenters. The van der Waals surface area contributed by atoms with Gasteiger partial charge in [0.25, 0.3) is 0 Å². The minimum absolute atomic E-state index is 0.134. The third-order valence-electron chi connectivity index (χ3n) is 5.92. The van der Waals surface area contributed by atoms with E-state index in [-0.39, 0.29) is 5.82 Å². The van der Waals surface area contributed by atoms with Gasteiger partial charge in [0, 0.05) is 0 Å². The Morgan fingerprint density at radius 1 is 0.909 bits per heavy atom. The van der Waals surface area contributed by atoms with Gasteiger partial charge in [0.2, 0.25) is 0 Å². The first-order valence-corrected chi connectivity index (χ1v) is 9.13. The highest BCUT2D eigenvalue weighted by atomic mass is 19.1. The molecule has 1 heteroatoms. The molecule has 0 aromatic heterocycles. The number of hydrogen-bond acceptors (Lipinski definition) is 0. The molecule has 0 heterocycles. The van der Waals surface area contributed by atoms with Crippen molar-refractivity contribution >= 4 is 0 Å². The van der Waals surface area contributed by atoms with Gasteiger partial charge in [-0.2, -0.15) is 0 Å². The van der Waals surface area contributed by atoms with E-state index < -0.39 is 0 Å². The average Bonchev–Trinajstić information content (AvgIpc) is 2.56. The van der Waals surface area contributed by atoms with Crippen LogP contribution in [-0.4, -0.2) is 0 Å². The molecule has 120 valence electrons. The van der Waals surface area contributed by atoms with Crippen molar-refractivity contribution in [1.82, 2.24) is 0 Å². The molecule has 2 aliphatic carbocycles. The highest BCUT2D eigenvalue weighted by Gasteiger charge is 2.27. The molecular weight excluding hydrogens is 271 g/mol. The molecular formula is C21H29F. The van der Waals surface area contributed by atoms with Crippen molar-refractivity contribution in [2.75, 3.05) is 0 Å². The Kier molecular flexibility index (Phi) is 5.33. The summed E-state index contributed by atoms with van der Waals surface area (Å²) in [6, 6.07) is 6.99. The van der Waals surface area contributed by atoms with Crippen LogP contribution < -0.4 is 0 Å². The summed E-state index contributed by atoms with van der Waals surface area (Å²) in [5.74, 6) is 2.76. The van der Waals surface area contributed by atoms with E-state index >= 15 is 0 Å². The number of halogens is 1. The number of benzene rings is 1. The maximum atomic E-state index is 12.9. The first-order valence-electron chi connectivity index (χ1n) is 9.13. The first kappa shape index (κ1) is 15.8. The number of allylic oxidation sites excluding steroid dienone is 2. The largest absolute Gasteiger partial charge is 0.207 e. The van der Waals surface area contributed by atoms with Crippen LogP contribution in [0.4, 0.5) is 4.39 Å². The van der Waals surface area contributed by atoms with E-state index in [0.29, 0.717) is 0 Å². The van der Waals surface area contributed by atoms with Crippen LogP contribution in [0.15, 0.2) is 35.9 Å². The third kappa shape index (κ3) is 4.21. The predicted molar refractivity (Wildman–Crippen MR) is 91.3 cm³/mol. The van der Waals surface area contributed by atoms with Crippen LogP contribution in [0.1, 0.15) is 63.9 Å². The van der Waals surface area contributed by atoms with Gasteiger partial charge in [-0.3, -0.25) is 0 Å². The fraction of sp³-hybridized carbons (Fsp3) is 0.619. The van der Waals surface area contributed by atoms with Gasteiger partial charge in [-0.25, -0.2) is 4.39 Å². The van der Waals surface area contributed by atoms with Gasteiger partial charge in [-0.1, -0.05) is 43.5 Å². The van der Waals surface area contributed by atoms with E-state index in [9.17, 15) is 4.39 Å². The lowest BCUT2D eigenvalue weighted by Crippen LogP contribution is -2.22. The van der Waals surface area contributed by atoms with Crippen molar-refractivity contribution in [3.63, 3.8) is 0 Å². The molecule has 22 heavy (non-hydrogen) atoms. The molecule has 0 spiro atoms. The Morgan fingerprint density at radius 3 is 2.27 bits per heavy atom. The van der Waals surface area contributed by atoms with Crippen LogP contribution in [0.25, 0.3) is 0 Å². The zero-order valence-electron chi connectivity index (χ0n) is 13.9. The van der Waals surface area contributed by atoms with Crippen LogP contribution in [0.5, 0.6) is 0 Å². The molecule has 0 radical (unpaired) electrons. The Morgan fingerprint density at radius 2 is 1.64 bits per heavy atom. The maximum Gasteiger partial charge on any atom is 0.123 e. The van der Waals surface area contributed by atoms with Crippen molar-refractivity contribution in [3.05, 3.63) is 47.3 Å². The Bertz CT molecular complexity index is 491. The summed E-state index contributed by atoms with van der Waals surface area (Å²) in [6.45, 7) is 2.41. The van der Waals surface area contributed by atoms with Crippen molar-refractivity contribution in [3.8, 4) is 0 Å². The van der Waals surface area contributed by atoms with E-state index in [1.165, 1.54) is 50.5 Å². The second kappa shape index (κ2) is 7.44. The normalized spacial score (nSPS) is 29.2. The van der Waals surface area contributed by atoms with E-state index in [4.69, 9.17) is 0 Å². The molecule has 0 bridgehead atoms. The second-order valence-corrected chi connectivity index (χ2v) is 7.54. The highest BCUT2D eigenvalue weighted by Crippen LogP contribution is 2.39. The maximum absolute atomic E-state index is 12.9. The van der Waals surface area contributed by atoms with Crippen LogP contribution in [0.2, 0.25) is 0 Å². The monoisotopic (exact) mass is 300 g/mol. The molecule has 3 rings (SSSR count). The predicted octanol–water partition coefficient (Wildman–Crippen LogP) is 6.31. The van der Waals surface area contributed by atoms with E-state index in [1.54, 1.807) is 17.7 Å². The molecule has 1 atom stereocenters. The number of aryl methyl sites for hydroxylation is 1. The van der Waals surface area contributed by atoms with E-state index in [1.807, 2.05) is 12.1 Å². The van der Waals surface area contributed by atoms with Crippen LogP contribution in [-0.2, 0) is 6.42 Å². The van der Waals surface area contributed by atoms with E-state index in [0.717, 1.165) is 30.6 Å². The van der Waals surface area contributed by atoms with Gasteiger partial charge >= 0.3 is 0 Å². The van der Waals surface area contributed by atoms with Crippen molar-refractivity contribution < 1.29 is 4.39 Å². The Labute approximate surface area is 134 Å². The van der Waals surface area contributed by atoms with Crippen LogP contribution in [0.3, 0.4) is 0 Å². The smallest absolute Gasteiger partial charge is 0.123 e. The zero-order valence-corrected chi connectivity index (χ0v) is 13.9. The number of hydrogen-bond donors (Lipinski definition) is 0. The van der Waals surface area contributed by atoms with Gasteiger partial charge in [0.15, 0.2) is 0 Å². The minimum atomic E-state index is -0.134. The lowest BCUT2D eigenvalue weighted by molar-refractivity contribution is 0.199. The molecule has 1 fully saturated rings. The summed E-state index contributed by atoms with van der Waals surface area (Å²) < 4.78 is 12.9. The van der Waals surface area contributed by atoms with E-state index in [2.05, 4.69) is 13.0 Å². The molecule has 0 saturated heterocycles. The van der Waals surface area contributed by atoms with Gasteiger partial charge in [0.1, 0.15) is 5.82 Å². The Balaban J connectivity index is 1.46. The van der Waals surface area contributed by atoms with Crippen molar-refractivity contribution in [2.24, 2.45) is 17.8 Å². The summed E-state index contributed by atoms with van der Waals surface area (Å²) in [5, 5.41) is 0. The lowest BCUT2D eigenvalue weighted by Gasteiger charge is -2.34. The fourth-order valence-electron chi connectivity index (χ4n) is 4.28. The highest BCUT2D eigenvalue weighted by molar-refractivity contribution is 5.18. The summed E-state index contributed by atoms with van der Waals surface area (Å²) in [4.78, 5) is 0.